The van der Waals surface area contributed by atoms with Gasteiger partial charge in [0.15, 0.2) is 6.29 Å². The third-order valence-electron chi connectivity index (χ3n) is 5.71. The molecule has 0 spiro atoms. The molecule has 198 valence electrons. The summed E-state index contributed by atoms with van der Waals surface area (Å²) in [4.78, 5) is 0. The summed E-state index contributed by atoms with van der Waals surface area (Å²) < 4.78 is 53.5. The number of halogens is 3. The molecule has 2 atom stereocenters. The van der Waals surface area contributed by atoms with Crippen molar-refractivity contribution in [3.63, 3.8) is 0 Å². The van der Waals surface area contributed by atoms with Crippen LogP contribution >= 0.6 is 0 Å². The van der Waals surface area contributed by atoms with E-state index in [1.807, 2.05) is 19.9 Å². The molecule has 0 N–H and O–H groups in total. The second-order valence-electron chi connectivity index (χ2n) is 9.77. The van der Waals surface area contributed by atoms with Crippen molar-refractivity contribution in [1.82, 2.24) is 0 Å². The number of benzene rings is 2. The molecule has 0 amide bonds. The molecule has 2 aliphatic rings. The summed E-state index contributed by atoms with van der Waals surface area (Å²) in [5.74, 6) is 0.308. The van der Waals surface area contributed by atoms with Crippen LogP contribution < -0.4 is 0 Å². The summed E-state index contributed by atoms with van der Waals surface area (Å²) in [6.07, 6.45) is 3.14. The quantitative estimate of drug-likeness (QED) is 0.372. The minimum atomic E-state index is -0.475. The lowest BCUT2D eigenvalue weighted by Gasteiger charge is -2.24. The molecule has 2 heterocycles. The highest BCUT2D eigenvalue weighted by molar-refractivity contribution is 5.24. The molecular weight excluding hydrogens is 453 g/mol. The molecule has 0 saturated carbocycles. The van der Waals surface area contributed by atoms with E-state index in [1.54, 1.807) is 19.9 Å². The fourth-order valence-electron chi connectivity index (χ4n) is 3.18. The highest BCUT2D eigenvalue weighted by Gasteiger charge is 2.14. The van der Waals surface area contributed by atoms with Gasteiger partial charge in [-0.15, -0.1) is 0 Å². The summed E-state index contributed by atoms with van der Waals surface area (Å²) in [5.41, 5.74) is 2.38. The van der Waals surface area contributed by atoms with Crippen molar-refractivity contribution in [3.8, 4) is 0 Å². The molecule has 2 aliphatic heterocycles. The summed E-state index contributed by atoms with van der Waals surface area (Å²) in [6, 6.07) is 7.86. The average molecular weight is 497 g/mol. The van der Waals surface area contributed by atoms with Crippen molar-refractivity contribution < 1.29 is 27.4 Å². The Hall–Kier alpha value is -1.89. The summed E-state index contributed by atoms with van der Waals surface area (Å²) in [5, 5.41) is 0. The van der Waals surface area contributed by atoms with Gasteiger partial charge >= 0.3 is 0 Å². The predicted molar refractivity (Wildman–Crippen MR) is 136 cm³/mol. The highest BCUT2D eigenvalue weighted by atomic mass is 19.1. The SMILES string of the molecule is CC1CCC(C)OC1.CC1COC(C)OC1.Cc1cc(F)c(C)c(F)c1.Cc1ccc(C)c(F)c1. The van der Waals surface area contributed by atoms with E-state index in [1.165, 1.54) is 38.0 Å². The first-order chi connectivity index (χ1) is 16.4. The maximum atomic E-state index is 12.6. The van der Waals surface area contributed by atoms with Crippen LogP contribution in [0.1, 0.15) is 62.8 Å². The lowest BCUT2D eigenvalue weighted by molar-refractivity contribution is -0.187. The van der Waals surface area contributed by atoms with Gasteiger partial charge in [0.25, 0.3) is 0 Å². The van der Waals surface area contributed by atoms with Gasteiger partial charge in [-0.25, -0.2) is 13.2 Å². The zero-order valence-corrected chi connectivity index (χ0v) is 22.6. The van der Waals surface area contributed by atoms with E-state index in [-0.39, 0.29) is 17.7 Å². The average Bonchev–Trinajstić information content (AvgIpc) is 2.80. The Labute approximate surface area is 210 Å². The second-order valence-corrected chi connectivity index (χ2v) is 9.77. The van der Waals surface area contributed by atoms with Gasteiger partial charge in [-0.05, 0) is 95.2 Å². The van der Waals surface area contributed by atoms with Gasteiger partial charge in [0.1, 0.15) is 17.5 Å². The van der Waals surface area contributed by atoms with E-state index in [4.69, 9.17) is 14.2 Å². The minimum absolute atomic E-state index is 0.0196. The number of hydrogen-bond acceptors (Lipinski definition) is 3. The minimum Gasteiger partial charge on any atom is -0.378 e. The first-order valence-electron chi connectivity index (χ1n) is 12.4. The van der Waals surface area contributed by atoms with Crippen LogP contribution in [0.5, 0.6) is 0 Å². The molecule has 2 aromatic rings. The Morgan fingerprint density at radius 2 is 1.14 bits per heavy atom. The third-order valence-corrected chi connectivity index (χ3v) is 5.71. The number of hydrogen-bond donors (Lipinski definition) is 0. The van der Waals surface area contributed by atoms with Gasteiger partial charge in [0.05, 0.1) is 19.3 Å². The molecule has 2 aromatic carbocycles. The molecule has 0 aliphatic carbocycles. The Kier molecular flexibility index (Phi) is 14.2. The topological polar surface area (TPSA) is 27.7 Å². The Morgan fingerprint density at radius 1 is 0.629 bits per heavy atom. The maximum Gasteiger partial charge on any atom is 0.154 e. The largest absolute Gasteiger partial charge is 0.378 e. The monoisotopic (exact) mass is 496 g/mol. The van der Waals surface area contributed by atoms with Gasteiger partial charge < -0.3 is 14.2 Å². The maximum absolute atomic E-state index is 12.6. The molecule has 6 heteroatoms. The van der Waals surface area contributed by atoms with Crippen molar-refractivity contribution in [2.75, 3.05) is 19.8 Å². The van der Waals surface area contributed by atoms with Crippen LogP contribution in [-0.2, 0) is 14.2 Å². The van der Waals surface area contributed by atoms with Gasteiger partial charge in [-0.2, -0.15) is 0 Å². The van der Waals surface area contributed by atoms with E-state index in [0.29, 0.717) is 23.1 Å². The van der Waals surface area contributed by atoms with Gasteiger partial charge in [0.2, 0.25) is 0 Å². The van der Waals surface area contributed by atoms with Crippen LogP contribution in [-0.4, -0.2) is 32.2 Å². The molecule has 0 aromatic heterocycles. The van der Waals surface area contributed by atoms with E-state index in [0.717, 1.165) is 31.3 Å². The van der Waals surface area contributed by atoms with Crippen molar-refractivity contribution >= 4 is 0 Å². The van der Waals surface area contributed by atoms with Crippen molar-refractivity contribution in [3.05, 3.63) is 70.0 Å². The van der Waals surface area contributed by atoms with Crippen LogP contribution in [0.2, 0.25) is 0 Å². The van der Waals surface area contributed by atoms with Crippen molar-refractivity contribution in [2.45, 2.75) is 80.6 Å². The first kappa shape index (κ1) is 31.1. The first-order valence-corrected chi connectivity index (χ1v) is 12.4. The standard InChI is InChI=1S/C8H8F2.C8H9F.C7H14O.C6H12O2/c1-5-3-7(9)6(2)8(10)4-5;1-6-3-4-7(2)8(9)5-6;1-6-3-4-7(2)8-5-6;1-5-3-7-6(2)8-4-5/h3-4H,1-2H3;3-5H,1-2H3;6-7H,3-5H2,1-2H3;5-6H,3-4H2,1-2H3. The Morgan fingerprint density at radius 3 is 1.54 bits per heavy atom. The summed E-state index contributed by atoms with van der Waals surface area (Å²) >= 11 is 0. The summed E-state index contributed by atoms with van der Waals surface area (Å²) in [7, 11) is 0. The lowest BCUT2D eigenvalue weighted by Crippen LogP contribution is -2.27. The fraction of sp³-hybridized carbons (Fsp3) is 0.586. The zero-order valence-electron chi connectivity index (χ0n) is 22.6. The second kappa shape index (κ2) is 16.0. The Balaban J connectivity index is 0.000000234. The lowest BCUT2D eigenvalue weighted by atomic mass is 10.0. The normalized spacial score (nSPS) is 23.5. The smallest absolute Gasteiger partial charge is 0.154 e. The van der Waals surface area contributed by atoms with Crippen LogP contribution in [0.4, 0.5) is 13.2 Å². The number of ether oxygens (including phenoxy) is 3. The fourth-order valence-corrected chi connectivity index (χ4v) is 3.18. The number of aryl methyl sites for hydroxylation is 3. The van der Waals surface area contributed by atoms with Gasteiger partial charge in [-0.3, -0.25) is 0 Å². The van der Waals surface area contributed by atoms with Crippen LogP contribution in [0.25, 0.3) is 0 Å². The molecule has 2 saturated heterocycles. The van der Waals surface area contributed by atoms with E-state index in [2.05, 4.69) is 20.8 Å². The van der Waals surface area contributed by atoms with Crippen LogP contribution in [0.3, 0.4) is 0 Å². The molecule has 35 heavy (non-hydrogen) atoms. The molecule has 3 nitrogen and oxygen atoms in total. The van der Waals surface area contributed by atoms with E-state index in [9.17, 15) is 13.2 Å². The predicted octanol–water partition coefficient (Wildman–Crippen LogP) is 7.86. The molecule has 0 radical (unpaired) electrons. The molecule has 2 unspecified atom stereocenters. The van der Waals surface area contributed by atoms with Gasteiger partial charge in [0, 0.05) is 18.1 Å². The summed E-state index contributed by atoms with van der Waals surface area (Å²) in [6.45, 7) is 17.8. The van der Waals surface area contributed by atoms with Crippen LogP contribution in [0, 0.1) is 57.0 Å². The van der Waals surface area contributed by atoms with E-state index >= 15 is 0 Å². The molecule has 2 fully saturated rings. The third kappa shape index (κ3) is 13.1. The van der Waals surface area contributed by atoms with E-state index < -0.39 is 11.6 Å². The molecule has 4 rings (SSSR count). The van der Waals surface area contributed by atoms with Crippen molar-refractivity contribution in [2.24, 2.45) is 11.8 Å². The molecular formula is C29H43F3O3. The zero-order chi connectivity index (χ0) is 26.5. The highest BCUT2D eigenvalue weighted by Crippen LogP contribution is 2.17. The van der Waals surface area contributed by atoms with Gasteiger partial charge in [-0.1, -0.05) is 26.0 Å². The molecule has 0 bridgehead atoms. The Bertz CT molecular complexity index is 808. The van der Waals surface area contributed by atoms with Crippen molar-refractivity contribution in [1.29, 1.82) is 0 Å². The van der Waals surface area contributed by atoms with Crippen LogP contribution in [0.15, 0.2) is 30.3 Å². The number of rotatable bonds is 0.